The molecular weight excluding hydrogens is 236 g/mol. The van der Waals surface area contributed by atoms with Crippen LogP contribution in [-0.2, 0) is 11.2 Å². The molecule has 0 aliphatic carbocycles. The topological polar surface area (TPSA) is 46.3 Å². The van der Waals surface area contributed by atoms with Gasteiger partial charge >= 0.3 is 0 Å². The number of nitrogens with zero attached hydrogens (tertiary/aromatic N) is 1. The lowest BCUT2D eigenvalue weighted by Crippen LogP contribution is -2.43. The van der Waals surface area contributed by atoms with Gasteiger partial charge in [-0.15, -0.1) is 0 Å². The maximum atomic E-state index is 12.4. The summed E-state index contributed by atoms with van der Waals surface area (Å²) in [5.74, 6) is 0.182. The summed E-state index contributed by atoms with van der Waals surface area (Å²) in [4.78, 5) is 14.4. The van der Waals surface area contributed by atoms with Crippen molar-refractivity contribution in [3.63, 3.8) is 0 Å². The molecule has 1 atom stereocenters. The minimum Gasteiger partial charge on any atom is -0.336 e. The molecule has 2 rings (SSSR count). The van der Waals surface area contributed by atoms with Crippen molar-refractivity contribution in [3.05, 3.63) is 34.9 Å². The molecule has 0 aromatic heterocycles. The van der Waals surface area contributed by atoms with Gasteiger partial charge in [-0.1, -0.05) is 18.2 Å². The molecule has 1 fully saturated rings. The summed E-state index contributed by atoms with van der Waals surface area (Å²) in [5.41, 5.74) is 9.46. The monoisotopic (exact) mass is 260 g/mol. The predicted octanol–water partition coefficient (Wildman–Crippen LogP) is 2.18. The number of rotatable bonds is 2. The highest BCUT2D eigenvalue weighted by atomic mass is 16.2. The third-order valence-corrected chi connectivity index (χ3v) is 4.14. The molecule has 1 aromatic carbocycles. The van der Waals surface area contributed by atoms with Crippen molar-refractivity contribution >= 4 is 5.91 Å². The van der Waals surface area contributed by atoms with Crippen molar-refractivity contribution in [2.24, 2.45) is 5.73 Å². The molecule has 0 saturated carbocycles. The van der Waals surface area contributed by atoms with Crippen LogP contribution in [0.5, 0.6) is 0 Å². The van der Waals surface area contributed by atoms with Crippen molar-refractivity contribution in [2.75, 3.05) is 6.54 Å². The highest BCUT2D eigenvalue weighted by Gasteiger charge is 2.39. The Morgan fingerprint density at radius 2 is 2.05 bits per heavy atom. The molecular formula is C16H24N2O. The Bertz CT molecular complexity index is 494. The number of likely N-dealkylation sites (tertiary alicyclic amines) is 1. The molecule has 0 radical (unpaired) electrons. The third kappa shape index (κ3) is 2.98. The zero-order valence-electron chi connectivity index (χ0n) is 12.4. The molecule has 1 aromatic rings. The van der Waals surface area contributed by atoms with Gasteiger partial charge < -0.3 is 10.6 Å². The van der Waals surface area contributed by atoms with Crippen LogP contribution in [0.15, 0.2) is 18.2 Å². The fraction of sp³-hybridized carbons (Fsp3) is 0.562. The Kier molecular flexibility index (Phi) is 3.68. The van der Waals surface area contributed by atoms with E-state index in [4.69, 9.17) is 5.73 Å². The second-order valence-electron chi connectivity index (χ2n) is 6.38. The van der Waals surface area contributed by atoms with E-state index in [2.05, 4.69) is 39.8 Å². The van der Waals surface area contributed by atoms with Gasteiger partial charge in [-0.25, -0.2) is 0 Å². The molecule has 1 saturated heterocycles. The van der Waals surface area contributed by atoms with Gasteiger partial charge in [0, 0.05) is 18.1 Å². The quantitative estimate of drug-likeness (QED) is 0.886. The molecule has 1 unspecified atom stereocenters. The van der Waals surface area contributed by atoms with Crippen molar-refractivity contribution < 1.29 is 4.79 Å². The molecule has 3 heteroatoms. The maximum absolute atomic E-state index is 12.4. The normalized spacial score (nSPS) is 21.7. The second-order valence-corrected chi connectivity index (χ2v) is 6.38. The number of benzene rings is 1. The number of aryl methyl sites for hydroxylation is 2. The molecule has 0 spiro atoms. The summed E-state index contributed by atoms with van der Waals surface area (Å²) in [6.45, 7) is 9.04. The first-order chi connectivity index (χ1) is 8.79. The molecule has 1 amide bonds. The fourth-order valence-corrected chi connectivity index (χ4v) is 2.92. The summed E-state index contributed by atoms with van der Waals surface area (Å²) in [6.07, 6.45) is 1.35. The smallest absolute Gasteiger partial charge is 0.227 e. The molecule has 104 valence electrons. The Labute approximate surface area is 115 Å². The van der Waals surface area contributed by atoms with Gasteiger partial charge in [0.25, 0.3) is 0 Å². The van der Waals surface area contributed by atoms with E-state index in [9.17, 15) is 4.79 Å². The van der Waals surface area contributed by atoms with E-state index in [-0.39, 0.29) is 17.5 Å². The van der Waals surface area contributed by atoms with Crippen LogP contribution in [0.2, 0.25) is 0 Å². The fourth-order valence-electron chi connectivity index (χ4n) is 2.92. The average molecular weight is 260 g/mol. The second kappa shape index (κ2) is 4.97. The van der Waals surface area contributed by atoms with Crippen LogP contribution in [0.3, 0.4) is 0 Å². The van der Waals surface area contributed by atoms with Gasteiger partial charge in [0.15, 0.2) is 0 Å². The van der Waals surface area contributed by atoms with Crippen molar-refractivity contribution in [1.29, 1.82) is 0 Å². The SMILES string of the molecule is Cc1ccc(CC(=O)N2CC(N)CC2(C)C)cc1C. The lowest BCUT2D eigenvalue weighted by atomic mass is 9.99. The molecule has 3 nitrogen and oxygen atoms in total. The maximum Gasteiger partial charge on any atom is 0.227 e. The van der Waals surface area contributed by atoms with E-state index in [1.807, 2.05) is 11.0 Å². The summed E-state index contributed by atoms with van der Waals surface area (Å²) < 4.78 is 0. The molecule has 1 aliphatic heterocycles. The molecule has 0 bridgehead atoms. The highest BCUT2D eigenvalue weighted by molar-refractivity contribution is 5.80. The van der Waals surface area contributed by atoms with Gasteiger partial charge in [-0.05, 0) is 50.8 Å². The highest BCUT2D eigenvalue weighted by Crippen LogP contribution is 2.28. The van der Waals surface area contributed by atoms with Crippen LogP contribution in [-0.4, -0.2) is 28.9 Å². The van der Waals surface area contributed by atoms with Crippen LogP contribution in [0.4, 0.5) is 0 Å². The third-order valence-electron chi connectivity index (χ3n) is 4.14. The average Bonchev–Trinajstić information content (AvgIpc) is 2.57. The molecule has 1 heterocycles. The first-order valence-corrected chi connectivity index (χ1v) is 6.92. The van der Waals surface area contributed by atoms with Crippen LogP contribution in [0, 0.1) is 13.8 Å². The van der Waals surface area contributed by atoms with Crippen LogP contribution < -0.4 is 5.73 Å². The Morgan fingerprint density at radius 3 is 2.58 bits per heavy atom. The first kappa shape index (κ1) is 14.1. The molecule has 19 heavy (non-hydrogen) atoms. The number of hydrogen-bond acceptors (Lipinski definition) is 2. The van der Waals surface area contributed by atoms with Gasteiger partial charge in [0.2, 0.25) is 5.91 Å². The zero-order valence-corrected chi connectivity index (χ0v) is 12.4. The van der Waals surface area contributed by atoms with Crippen molar-refractivity contribution in [3.8, 4) is 0 Å². The summed E-state index contributed by atoms with van der Waals surface area (Å²) >= 11 is 0. The largest absolute Gasteiger partial charge is 0.336 e. The van der Waals surface area contributed by atoms with Gasteiger partial charge in [-0.2, -0.15) is 0 Å². The Morgan fingerprint density at radius 1 is 1.37 bits per heavy atom. The van der Waals surface area contributed by atoms with E-state index in [0.29, 0.717) is 13.0 Å². The van der Waals surface area contributed by atoms with Crippen molar-refractivity contribution in [2.45, 2.75) is 52.1 Å². The lowest BCUT2D eigenvalue weighted by Gasteiger charge is -2.31. The van der Waals surface area contributed by atoms with E-state index >= 15 is 0 Å². The molecule has 2 N–H and O–H groups in total. The van der Waals surface area contributed by atoms with Crippen LogP contribution in [0.25, 0.3) is 0 Å². The standard InChI is InChI=1S/C16H24N2O/c1-11-5-6-13(7-12(11)2)8-15(19)18-10-14(17)9-16(18,3)4/h5-7,14H,8-10,17H2,1-4H3. The Hall–Kier alpha value is -1.35. The van der Waals surface area contributed by atoms with Gasteiger partial charge in [0.05, 0.1) is 6.42 Å². The van der Waals surface area contributed by atoms with E-state index in [1.54, 1.807) is 0 Å². The Balaban J connectivity index is 2.11. The minimum atomic E-state index is -0.115. The summed E-state index contributed by atoms with van der Waals surface area (Å²) in [6, 6.07) is 6.34. The number of amides is 1. The van der Waals surface area contributed by atoms with Gasteiger partial charge in [-0.3, -0.25) is 4.79 Å². The van der Waals surface area contributed by atoms with E-state index in [1.165, 1.54) is 11.1 Å². The van der Waals surface area contributed by atoms with Gasteiger partial charge in [0.1, 0.15) is 0 Å². The zero-order chi connectivity index (χ0) is 14.2. The minimum absolute atomic E-state index is 0.110. The summed E-state index contributed by atoms with van der Waals surface area (Å²) in [5, 5.41) is 0. The summed E-state index contributed by atoms with van der Waals surface area (Å²) in [7, 11) is 0. The lowest BCUT2D eigenvalue weighted by molar-refractivity contribution is -0.133. The van der Waals surface area contributed by atoms with Crippen LogP contribution in [0.1, 0.15) is 37.0 Å². The number of carbonyl (C=O) groups is 1. The van der Waals surface area contributed by atoms with Crippen molar-refractivity contribution in [1.82, 2.24) is 4.90 Å². The number of hydrogen-bond donors (Lipinski definition) is 1. The first-order valence-electron chi connectivity index (χ1n) is 6.92. The van der Waals surface area contributed by atoms with Crippen LogP contribution >= 0.6 is 0 Å². The molecule has 1 aliphatic rings. The number of nitrogens with two attached hydrogens (primary N) is 1. The number of carbonyl (C=O) groups excluding carboxylic acids is 1. The van der Waals surface area contributed by atoms with E-state index < -0.39 is 0 Å². The predicted molar refractivity (Wildman–Crippen MR) is 78.0 cm³/mol. The van der Waals surface area contributed by atoms with E-state index in [0.717, 1.165) is 12.0 Å².